The highest BCUT2D eigenvalue weighted by Gasteiger charge is 2.66. The van der Waals surface area contributed by atoms with E-state index in [1.165, 1.54) is 0 Å². The highest BCUT2D eigenvalue weighted by molar-refractivity contribution is 5.54. The third kappa shape index (κ3) is 2.06. The average Bonchev–Trinajstić information content (AvgIpc) is 2.88. The van der Waals surface area contributed by atoms with E-state index < -0.39 is 21.7 Å². The summed E-state index contributed by atoms with van der Waals surface area (Å²) in [6, 6.07) is 6.55. The van der Waals surface area contributed by atoms with Crippen molar-refractivity contribution in [2.45, 2.75) is 12.8 Å². The van der Waals surface area contributed by atoms with Crippen LogP contribution in [0, 0.1) is 27.2 Å². The summed E-state index contributed by atoms with van der Waals surface area (Å²) in [5, 5.41) is 24.3. The van der Waals surface area contributed by atoms with Gasteiger partial charge >= 0.3 is 11.8 Å². The van der Waals surface area contributed by atoms with E-state index in [0.717, 1.165) is 5.56 Å². The Balaban J connectivity index is 2.45. The van der Waals surface area contributed by atoms with Gasteiger partial charge in [-0.3, -0.25) is 20.2 Å². The zero-order chi connectivity index (χ0) is 14.9. The number of nitrogens with zero attached hydrogens (tertiary/aromatic N) is 4. The first kappa shape index (κ1) is 13.5. The second kappa shape index (κ2) is 4.64. The molecule has 0 aliphatic carbocycles. The van der Waals surface area contributed by atoms with Crippen molar-refractivity contribution in [3.8, 4) is 11.4 Å². The third-order valence-electron chi connectivity index (χ3n) is 2.49. The molecule has 0 saturated heterocycles. The predicted molar refractivity (Wildman–Crippen MR) is 61.2 cm³/mol. The van der Waals surface area contributed by atoms with Crippen molar-refractivity contribution in [3.63, 3.8) is 0 Å². The van der Waals surface area contributed by atoms with Crippen LogP contribution in [-0.4, -0.2) is 20.0 Å². The number of rotatable bonds is 4. The molecule has 10 heteroatoms. The van der Waals surface area contributed by atoms with Gasteiger partial charge in [0.15, 0.2) is 0 Å². The van der Waals surface area contributed by atoms with Crippen LogP contribution in [0.3, 0.4) is 0 Å². The summed E-state index contributed by atoms with van der Waals surface area (Å²) in [5.74, 6) is -5.66. The molecule has 1 aromatic heterocycles. The molecule has 0 aliphatic heterocycles. The van der Waals surface area contributed by atoms with E-state index in [-0.39, 0.29) is 5.82 Å². The Kier molecular flexibility index (Phi) is 3.14. The van der Waals surface area contributed by atoms with Gasteiger partial charge in [0.05, 0.1) is 0 Å². The van der Waals surface area contributed by atoms with Crippen molar-refractivity contribution in [2.24, 2.45) is 0 Å². The normalized spacial score (nSPS) is 11.3. The van der Waals surface area contributed by atoms with Crippen molar-refractivity contribution < 1.29 is 18.8 Å². The summed E-state index contributed by atoms with van der Waals surface area (Å²) in [6.45, 7) is 1.83. The fourth-order valence-electron chi connectivity index (χ4n) is 1.40. The topological polar surface area (TPSA) is 125 Å². The van der Waals surface area contributed by atoms with Crippen molar-refractivity contribution in [3.05, 3.63) is 55.9 Å². The Morgan fingerprint density at radius 2 is 1.75 bits per heavy atom. The zero-order valence-corrected chi connectivity index (χ0v) is 10.0. The summed E-state index contributed by atoms with van der Waals surface area (Å²) in [6.07, 6.45) is 0. The van der Waals surface area contributed by atoms with Crippen molar-refractivity contribution >= 4 is 0 Å². The Morgan fingerprint density at radius 3 is 2.25 bits per heavy atom. The SMILES string of the molecule is Cc1ccc(-c2noc(C(F)([N+](=O)[O-])[N+](=O)[O-])n2)cc1. The van der Waals surface area contributed by atoms with E-state index in [2.05, 4.69) is 14.7 Å². The van der Waals surface area contributed by atoms with Crippen LogP contribution in [0.1, 0.15) is 11.5 Å². The van der Waals surface area contributed by atoms with E-state index in [0.29, 0.717) is 5.56 Å². The lowest BCUT2D eigenvalue weighted by Gasteiger charge is -2.01. The number of benzene rings is 1. The minimum atomic E-state index is -4.16. The summed E-state index contributed by atoms with van der Waals surface area (Å²) >= 11 is 0. The lowest BCUT2D eigenvalue weighted by molar-refractivity contribution is -0.849. The van der Waals surface area contributed by atoms with Gasteiger partial charge in [0.1, 0.15) is 9.85 Å². The predicted octanol–water partition coefficient (Wildman–Crippen LogP) is 1.68. The first-order valence-electron chi connectivity index (χ1n) is 5.25. The van der Waals surface area contributed by atoms with Gasteiger partial charge in [0, 0.05) is 5.56 Å². The monoisotopic (exact) mass is 282 g/mol. The Labute approximate surface area is 110 Å². The summed E-state index contributed by atoms with van der Waals surface area (Å²) in [7, 11) is 0. The molecule has 0 unspecified atom stereocenters. The van der Waals surface area contributed by atoms with E-state index in [1.807, 2.05) is 6.92 Å². The second-order valence-corrected chi connectivity index (χ2v) is 3.89. The van der Waals surface area contributed by atoms with E-state index in [1.54, 1.807) is 24.3 Å². The van der Waals surface area contributed by atoms with Gasteiger partial charge in [-0.1, -0.05) is 39.4 Å². The number of hydrogen-bond acceptors (Lipinski definition) is 7. The van der Waals surface area contributed by atoms with Gasteiger partial charge in [0.2, 0.25) is 5.82 Å². The third-order valence-corrected chi connectivity index (χ3v) is 2.49. The Morgan fingerprint density at radius 1 is 1.20 bits per heavy atom. The van der Waals surface area contributed by atoms with Crippen LogP contribution >= 0.6 is 0 Å². The molecule has 0 saturated carbocycles. The van der Waals surface area contributed by atoms with Crippen molar-refractivity contribution in [1.82, 2.24) is 10.1 Å². The minimum absolute atomic E-state index is 0.175. The van der Waals surface area contributed by atoms with Gasteiger partial charge in [-0.05, 0) is 6.92 Å². The highest BCUT2D eigenvalue weighted by Crippen LogP contribution is 2.28. The van der Waals surface area contributed by atoms with Crippen LogP contribution in [0.5, 0.6) is 0 Å². The van der Waals surface area contributed by atoms with Gasteiger partial charge in [0.25, 0.3) is 0 Å². The Hall–Kier alpha value is -2.91. The molecule has 104 valence electrons. The van der Waals surface area contributed by atoms with E-state index in [4.69, 9.17) is 0 Å². The quantitative estimate of drug-likeness (QED) is 0.361. The van der Waals surface area contributed by atoms with Crippen LogP contribution in [0.25, 0.3) is 11.4 Å². The molecule has 0 atom stereocenters. The van der Waals surface area contributed by atoms with Crippen LogP contribution in [0.2, 0.25) is 0 Å². The maximum Gasteiger partial charge on any atom is 0.697 e. The molecule has 0 amide bonds. The summed E-state index contributed by atoms with van der Waals surface area (Å²) < 4.78 is 18.1. The van der Waals surface area contributed by atoms with E-state index in [9.17, 15) is 24.6 Å². The standard InChI is InChI=1S/C10H7FN4O5/c1-6-2-4-7(5-3-6)8-12-9(20-13-8)10(11,14(16)17)15(18)19/h2-5H,1H3. The average molecular weight is 282 g/mol. The number of halogens is 1. The van der Waals surface area contributed by atoms with E-state index >= 15 is 0 Å². The number of alkyl halides is 1. The molecule has 1 aromatic carbocycles. The minimum Gasteiger partial charge on any atom is -0.319 e. The van der Waals surface area contributed by atoms with Gasteiger partial charge in [-0.15, -0.1) is 0 Å². The van der Waals surface area contributed by atoms with Crippen molar-refractivity contribution in [1.29, 1.82) is 0 Å². The second-order valence-electron chi connectivity index (χ2n) is 3.89. The smallest absolute Gasteiger partial charge is 0.319 e. The first-order chi connectivity index (χ1) is 9.35. The van der Waals surface area contributed by atoms with Crippen LogP contribution < -0.4 is 0 Å². The molecule has 2 aromatic rings. The molecule has 0 N–H and O–H groups in total. The molecule has 2 rings (SSSR count). The Bertz CT molecular complexity index is 655. The molecule has 0 aliphatic rings. The van der Waals surface area contributed by atoms with Crippen LogP contribution in [0.4, 0.5) is 4.39 Å². The lowest BCUT2D eigenvalue weighted by atomic mass is 10.1. The molecular weight excluding hydrogens is 275 g/mol. The number of hydrogen-bond donors (Lipinski definition) is 0. The molecule has 9 nitrogen and oxygen atoms in total. The fourth-order valence-corrected chi connectivity index (χ4v) is 1.40. The zero-order valence-electron chi connectivity index (χ0n) is 10.0. The molecule has 0 radical (unpaired) electrons. The molecule has 0 fully saturated rings. The molecule has 0 bridgehead atoms. The number of aryl methyl sites for hydroxylation is 1. The maximum atomic E-state index is 13.8. The molecule has 0 spiro atoms. The molecule has 1 heterocycles. The summed E-state index contributed by atoms with van der Waals surface area (Å²) in [4.78, 5) is 20.9. The lowest BCUT2D eigenvalue weighted by Crippen LogP contribution is -2.39. The molecule has 20 heavy (non-hydrogen) atoms. The maximum absolute atomic E-state index is 13.8. The molecular formula is C10H7FN4O5. The van der Waals surface area contributed by atoms with Crippen LogP contribution in [0.15, 0.2) is 28.8 Å². The van der Waals surface area contributed by atoms with Gasteiger partial charge in [-0.25, -0.2) is 0 Å². The summed E-state index contributed by atoms with van der Waals surface area (Å²) in [5.41, 5.74) is 1.33. The largest absolute Gasteiger partial charge is 0.697 e. The first-order valence-corrected chi connectivity index (χ1v) is 5.25. The van der Waals surface area contributed by atoms with Crippen molar-refractivity contribution in [2.75, 3.05) is 0 Å². The van der Waals surface area contributed by atoms with Gasteiger partial charge < -0.3 is 4.52 Å². The number of nitro groups is 2. The van der Waals surface area contributed by atoms with Crippen LogP contribution in [-0.2, 0) is 5.92 Å². The fraction of sp³-hybridized carbons (Fsp3) is 0.200. The van der Waals surface area contributed by atoms with Gasteiger partial charge in [-0.2, -0.15) is 4.98 Å². The highest BCUT2D eigenvalue weighted by atomic mass is 19.2. The number of aromatic nitrogens is 2.